The standard InChI is InChI=1S/C12H15NO/c1-4-12(14)13-10(3)11-8-6-5-7-9(11)2/h4-8,10H,1H2,2-3H3,(H,13,14)/t10-/m0/s1. The lowest BCUT2D eigenvalue weighted by Crippen LogP contribution is -2.24. The van der Waals surface area contributed by atoms with Crippen molar-refractivity contribution >= 4 is 5.91 Å². The lowest BCUT2D eigenvalue weighted by molar-refractivity contribution is -0.117. The topological polar surface area (TPSA) is 29.1 Å². The second-order valence-corrected chi connectivity index (χ2v) is 3.29. The maximum atomic E-state index is 11.1. The molecule has 1 amide bonds. The Morgan fingerprint density at radius 2 is 2.14 bits per heavy atom. The molecular formula is C12H15NO. The van der Waals surface area contributed by atoms with E-state index < -0.39 is 0 Å². The first-order valence-electron chi connectivity index (χ1n) is 4.63. The molecule has 0 fully saturated rings. The molecule has 1 N–H and O–H groups in total. The first kappa shape index (κ1) is 10.5. The van der Waals surface area contributed by atoms with E-state index in [1.807, 2.05) is 38.1 Å². The molecule has 1 aromatic rings. The fraction of sp³-hybridized carbons (Fsp3) is 0.250. The van der Waals surface area contributed by atoms with Crippen LogP contribution in [0.4, 0.5) is 0 Å². The summed E-state index contributed by atoms with van der Waals surface area (Å²) in [5.41, 5.74) is 2.33. The van der Waals surface area contributed by atoms with Gasteiger partial charge in [0.15, 0.2) is 0 Å². The van der Waals surface area contributed by atoms with Gasteiger partial charge in [0.1, 0.15) is 0 Å². The summed E-state index contributed by atoms with van der Waals surface area (Å²) in [6.07, 6.45) is 1.29. The number of carbonyl (C=O) groups excluding carboxylic acids is 1. The van der Waals surface area contributed by atoms with Gasteiger partial charge in [-0.3, -0.25) is 4.79 Å². The zero-order chi connectivity index (χ0) is 10.6. The number of carbonyl (C=O) groups is 1. The summed E-state index contributed by atoms with van der Waals surface area (Å²) in [5, 5.41) is 2.83. The van der Waals surface area contributed by atoms with Crippen molar-refractivity contribution in [2.75, 3.05) is 0 Å². The van der Waals surface area contributed by atoms with Crippen LogP contribution in [0.15, 0.2) is 36.9 Å². The summed E-state index contributed by atoms with van der Waals surface area (Å²) in [6, 6.07) is 8.04. The minimum absolute atomic E-state index is 0.0294. The minimum Gasteiger partial charge on any atom is -0.346 e. The highest BCUT2D eigenvalue weighted by Crippen LogP contribution is 2.16. The van der Waals surface area contributed by atoms with E-state index in [4.69, 9.17) is 0 Å². The number of rotatable bonds is 3. The van der Waals surface area contributed by atoms with Crippen molar-refractivity contribution in [3.05, 3.63) is 48.0 Å². The smallest absolute Gasteiger partial charge is 0.243 e. The Morgan fingerprint density at radius 1 is 1.50 bits per heavy atom. The second-order valence-electron chi connectivity index (χ2n) is 3.29. The lowest BCUT2D eigenvalue weighted by Gasteiger charge is -2.15. The van der Waals surface area contributed by atoms with E-state index in [1.165, 1.54) is 11.6 Å². The summed E-state index contributed by atoms with van der Waals surface area (Å²) < 4.78 is 0. The molecule has 14 heavy (non-hydrogen) atoms. The highest BCUT2D eigenvalue weighted by Gasteiger charge is 2.08. The van der Waals surface area contributed by atoms with Gasteiger partial charge in [-0.25, -0.2) is 0 Å². The Labute approximate surface area is 84.6 Å². The van der Waals surface area contributed by atoms with E-state index in [9.17, 15) is 4.79 Å². The molecule has 1 aromatic carbocycles. The zero-order valence-electron chi connectivity index (χ0n) is 8.58. The van der Waals surface area contributed by atoms with Crippen molar-refractivity contribution in [1.82, 2.24) is 5.32 Å². The fourth-order valence-electron chi connectivity index (χ4n) is 1.42. The van der Waals surface area contributed by atoms with E-state index >= 15 is 0 Å². The fourth-order valence-corrected chi connectivity index (χ4v) is 1.42. The average molecular weight is 189 g/mol. The van der Waals surface area contributed by atoms with Gasteiger partial charge in [-0.05, 0) is 31.1 Å². The van der Waals surface area contributed by atoms with Crippen LogP contribution in [0.5, 0.6) is 0 Å². The number of benzene rings is 1. The lowest BCUT2D eigenvalue weighted by atomic mass is 10.0. The largest absolute Gasteiger partial charge is 0.346 e. The molecule has 0 saturated carbocycles. The number of amides is 1. The van der Waals surface area contributed by atoms with Crippen LogP contribution in [0.2, 0.25) is 0 Å². The normalized spacial score (nSPS) is 11.9. The molecule has 0 radical (unpaired) electrons. The van der Waals surface area contributed by atoms with Gasteiger partial charge in [-0.2, -0.15) is 0 Å². The number of hydrogen-bond donors (Lipinski definition) is 1. The van der Waals surface area contributed by atoms with Crippen LogP contribution in [0.1, 0.15) is 24.1 Å². The SMILES string of the molecule is C=CC(=O)N[C@@H](C)c1ccccc1C. The van der Waals surface area contributed by atoms with Crippen molar-refractivity contribution in [1.29, 1.82) is 0 Å². The molecule has 0 bridgehead atoms. The van der Waals surface area contributed by atoms with Gasteiger partial charge in [0.2, 0.25) is 5.91 Å². The van der Waals surface area contributed by atoms with Crippen LogP contribution in [0.3, 0.4) is 0 Å². The predicted molar refractivity (Wildman–Crippen MR) is 57.9 cm³/mol. The molecule has 1 rings (SSSR count). The minimum atomic E-state index is -0.138. The van der Waals surface area contributed by atoms with Crippen LogP contribution >= 0.6 is 0 Å². The van der Waals surface area contributed by atoms with Gasteiger partial charge >= 0.3 is 0 Å². The monoisotopic (exact) mass is 189 g/mol. The van der Waals surface area contributed by atoms with Crippen molar-refractivity contribution in [3.8, 4) is 0 Å². The Balaban J connectivity index is 2.79. The number of nitrogens with one attached hydrogen (secondary N) is 1. The molecule has 0 aliphatic heterocycles. The molecule has 0 heterocycles. The first-order valence-corrected chi connectivity index (χ1v) is 4.63. The van der Waals surface area contributed by atoms with Gasteiger partial charge in [-0.15, -0.1) is 0 Å². The van der Waals surface area contributed by atoms with Crippen LogP contribution in [0.25, 0.3) is 0 Å². The maximum absolute atomic E-state index is 11.1. The zero-order valence-corrected chi connectivity index (χ0v) is 8.58. The van der Waals surface area contributed by atoms with E-state index in [-0.39, 0.29) is 11.9 Å². The molecular weight excluding hydrogens is 174 g/mol. The van der Waals surface area contributed by atoms with E-state index in [0.717, 1.165) is 5.56 Å². The summed E-state index contributed by atoms with van der Waals surface area (Å²) in [4.78, 5) is 11.1. The third-order valence-electron chi connectivity index (χ3n) is 2.20. The van der Waals surface area contributed by atoms with Crippen LogP contribution in [-0.2, 0) is 4.79 Å². The van der Waals surface area contributed by atoms with Crippen molar-refractivity contribution < 1.29 is 4.79 Å². The molecule has 0 aliphatic rings. The highest BCUT2D eigenvalue weighted by atomic mass is 16.1. The van der Waals surface area contributed by atoms with Crippen LogP contribution in [-0.4, -0.2) is 5.91 Å². The first-order chi connectivity index (χ1) is 6.65. The van der Waals surface area contributed by atoms with Gasteiger partial charge in [0, 0.05) is 0 Å². The van der Waals surface area contributed by atoms with Gasteiger partial charge in [0.05, 0.1) is 6.04 Å². The molecule has 2 nitrogen and oxygen atoms in total. The summed E-state index contributed by atoms with van der Waals surface area (Å²) in [7, 11) is 0. The quantitative estimate of drug-likeness (QED) is 0.726. The van der Waals surface area contributed by atoms with E-state index in [1.54, 1.807) is 0 Å². The molecule has 74 valence electrons. The van der Waals surface area contributed by atoms with Crippen LogP contribution < -0.4 is 5.32 Å². The Bertz CT molecular complexity index is 344. The molecule has 1 atom stereocenters. The average Bonchev–Trinajstić information content (AvgIpc) is 2.18. The van der Waals surface area contributed by atoms with E-state index in [2.05, 4.69) is 11.9 Å². The Hall–Kier alpha value is -1.57. The number of aryl methyl sites for hydroxylation is 1. The second kappa shape index (κ2) is 4.61. The van der Waals surface area contributed by atoms with Gasteiger partial charge < -0.3 is 5.32 Å². The molecule has 0 aromatic heterocycles. The molecule has 0 aliphatic carbocycles. The molecule has 0 unspecified atom stereocenters. The number of hydrogen-bond acceptors (Lipinski definition) is 1. The van der Waals surface area contributed by atoms with Crippen LogP contribution in [0, 0.1) is 6.92 Å². The Kier molecular flexibility index (Phi) is 3.46. The van der Waals surface area contributed by atoms with Crippen molar-refractivity contribution in [2.24, 2.45) is 0 Å². The summed E-state index contributed by atoms with van der Waals surface area (Å²) >= 11 is 0. The highest BCUT2D eigenvalue weighted by molar-refractivity contribution is 5.87. The molecule has 2 heteroatoms. The van der Waals surface area contributed by atoms with E-state index in [0.29, 0.717) is 0 Å². The Morgan fingerprint density at radius 3 is 2.71 bits per heavy atom. The van der Waals surface area contributed by atoms with Gasteiger partial charge in [0.25, 0.3) is 0 Å². The van der Waals surface area contributed by atoms with Crippen molar-refractivity contribution in [2.45, 2.75) is 19.9 Å². The van der Waals surface area contributed by atoms with Crippen molar-refractivity contribution in [3.63, 3.8) is 0 Å². The van der Waals surface area contributed by atoms with Gasteiger partial charge in [-0.1, -0.05) is 30.8 Å². The maximum Gasteiger partial charge on any atom is 0.243 e. The predicted octanol–water partition coefficient (Wildman–Crippen LogP) is 2.36. The molecule has 0 saturated heterocycles. The summed E-state index contributed by atoms with van der Waals surface area (Å²) in [6.45, 7) is 7.41. The third-order valence-corrected chi connectivity index (χ3v) is 2.20. The summed E-state index contributed by atoms with van der Waals surface area (Å²) in [5.74, 6) is -0.138. The third kappa shape index (κ3) is 2.46. The molecule has 0 spiro atoms.